The molecule has 2 aliphatic rings. The van der Waals surface area contributed by atoms with Gasteiger partial charge in [0.25, 0.3) is 0 Å². The largest absolute Gasteiger partial charge is 0.507 e. The second-order valence-electron chi connectivity index (χ2n) is 12.1. The van der Waals surface area contributed by atoms with Crippen molar-refractivity contribution >= 4 is 38.9 Å². The van der Waals surface area contributed by atoms with E-state index in [1.165, 1.54) is 24.3 Å². The van der Waals surface area contributed by atoms with Crippen LogP contribution in [0.3, 0.4) is 0 Å². The molecule has 3 aromatic carbocycles. The van der Waals surface area contributed by atoms with Gasteiger partial charge in [0.2, 0.25) is 5.43 Å². The molecule has 3 N–H and O–H groups in total. The van der Waals surface area contributed by atoms with Crippen molar-refractivity contribution in [1.29, 1.82) is 0 Å². The lowest BCUT2D eigenvalue weighted by Crippen LogP contribution is -2.50. The molecule has 5 aromatic rings. The van der Waals surface area contributed by atoms with Crippen LogP contribution in [0.25, 0.3) is 38.9 Å². The minimum Gasteiger partial charge on any atom is -0.507 e. The molecule has 4 heterocycles. The molecule has 10 nitrogen and oxygen atoms in total. The number of benzene rings is 3. The van der Waals surface area contributed by atoms with Gasteiger partial charge in [-0.1, -0.05) is 0 Å². The van der Waals surface area contributed by atoms with E-state index in [9.17, 15) is 24.9 Å². The molecule has 0 spiro atoms. The van der Waals surface area contributed by atoms with Crippen LogP contribution < -0.4 is 25.3 Å². The number of aliphatic hydroxyl groups excluding tert-OH is 1. The van der Waals surface area contributed by atoms with Crippen molar-refractivity contribution in [2.24, 2.45) is 7.05 Å². The van der Waals surface area contributed by atoms with Crippen molar-refractivity contribution in [2.75, 3.05) is 0 Å². The normalized spacial score (nSPS) is 20.0. The molecule has 0 bridgehead atoms. The fraction of sp³-hybridized carbons (Fsp3) is 0.273. The molecule has 0 fully saturated rings. The summed E-state index contributed by atoms with van der Waals surface area (Å²) in [5.41, 5.74) is -1.20. The Labute approximate surface area is 244 Å². The van der Waals surface area contributed by atoms with E-state index in [1.54, 1.807) is 43.7 Å². The number of phenolic OH excluding ortho intramolecular Hbond substituents is 2. The monoisotopic (exact) mass is 583 g/mol. The first-order valence-corrected chi connectivity index (χ1v) is 13.8. The summed E-state index contributed by atoms with van der Waals surface area (Å²) in [7, 11) is 1.69. The van der Waals surface area contributed by atoms with Crippen LogP contribution in [0.5, 0.6) is 28.7 Å². The van der Waals surface area contributed by atoms with Gasteiger partial charge in [-0.2, -0.15) is 0 Å². The van der Waals surface area contributed by atoms with Gasteiger partial charge < -0.3 is 38.5 Å². The first kappa shape index (κ1) is 26.9. The van der Waals surface area contributed by atoms with Crippen LogP contribution >= 0.6 is 0 Å². The molecule has 0 amide bonds. The maximum Gasteiger partial charge on any atom is 0.336 e. The number of pyridine rings is 1. The third-order valence-electron chi connectivity index (χ3n) is 8.25. The number of ether oxygens (including phenoxy) is 3. The molecule has 0 saturated carbocycles. The number of fused-ring (bicyclic) bond motifs is 7. The Bertz CT molecular complexity index is 2170. The summed E-state index contributed by atoms with van der Waals surface area (Å²) in [6.07, 6.45) is 1.22. The summed E-state index contributed by atoms with van der Waals surface area (Å²) in [5.74, 6) is 0.121. The number of hydrogen-bond acceptors (Lipinski definition) is 9. The highest BCUT2D eigenvalue weighted by atomic mass is 16.5. The number of phenols is 2. The van der Waals surface area contributed by atoms with Crippen LogP contribution in [0.1, 0.15) is 44.9 Å². The van der Waals surface area contributed by atoms with Crippen molar-refractivity contribution in [3.63, 3.8) is 0 Å². The molecule has 2 aromatic heterocycles. The SMILES string of the molecule is Cn1c2c(O[C@H]3c4c(ccc5ccc(=O)oc45)OC(C)(C)[C@H]3O)c(O)ccc2c(=O)c2c(O)cc3c(c21)C=CC(C)(C)O3. The number of aromatic nitrogens is 1. The molecular weight excluding hydrogens is 554 g/mol. The Hall–Kier alpha value is -4.96. The molecule has 43 heavy (non-hydrogen) atoms. The third-order valence-corrected chi connectivity index (χ3v) is 8.25. The Balaban J connectivity index is 1.53. The molecule has 0 radical (unpaired) electrons. The molecular formula is C33H29NO9. The summed E-state index contributed by atoms with van der Waals surface area (Å²) in [4.78, 5) is 26.2. The van der Waals surface area contributed by atoms with E-state index in [0.29, 0.717) is 28.0 Å². The second kappa shape index (κ2) is 8.78. The van der Waals surface area contributed by atoms with Crippen molar-refractivity contribution in [2.45, 2.75) is 51.1 Å². The van der Waals surface area contributed by atoms with Gasteiger partial charge in [-0.25, -0.2) is 4.79 Å². The molecule has 7 rings (SSSR count). The fourth-order valence-electron chi connectivity index (χ4n) is 6.12. The number of hydrogen-bond donors (Lipinski definition) is 3. The van der Waals surface area contributed by atoms with Gasteiger partial charge in [0.15, 0.2) is 17.6 Å². The topological polar surface area (TPSA) is 141 Å². The smallest absolute Gasteiger partial charge is 0.336 e. The molecule has 0 unspecified atom stereocenters. The van der Waals surface area contributed by atoms with E-state index in [2.05, 4.69) is 0 Å². The molecule has 10 heteroatoms. The molecule has 0 saturated heterocycles. The predicted molar refractivity (Wildman–Crippen MR) is 160 cm³/mol. The zero-order valence-corrected chi connectivity index (χ0v) is 24.1. The minimum absolute atomic E-state index is 0.0832. The highest BCUT2D eigenvalue weighted by Crippen LogP contribution is 2.48. The van der Waals surface area contributed by atoms with Crippen molar-refractivity contribution < 1.29 is 33.9 Å². The van der Waals surface area contributed by atoms with Crippen molar-refractivity contribution in [3.05, 3.63) is 80.3 Å². The Kier molecular flexibility index (Phi) is 5.49. The lowest BCUT2D eigenvalue weighted by molar-refractivity contribution is -0.102. The van der Waals surface area contributed by atoms with Gasteiger partial charge in [0.05, 0.1) is 27.4 Å². The summed E-state index contributed by atoms with van der Waals surface area (Å²) in [6, 6.07) is 10.6. The van der Waals surface area contributed by atoms with E-state index < -0.39 is 34.5 Å². The number of aromatic hydroxyl groups is 2. The van der Waals surface area contributed by atoms with Gasteiger partial charge in [0, 0.05) is 30.1 Å². The summed E-state index contributed by atoms with van der Waals surface area (Å²) >= 11 is 0. The summed E-state index contributed by atoms with van der Waals surface area (Å²) in [5, 5.41) is 34.6. The zero-order valence-electron chi connectivity index (χ0n) is 24.1. The maximum absolute atomic E-state index is 13.9. The van der Waals surface area contributed by atoms with Crippen molar-refractivity contribution in [1.82, 2.24) is 4.57 Å². The van der Waals surface area contributed by atoms with Gasteiger partial charge in [-0.3, -0.25) is 4.79 Å². The molecule has 220 valence electrons. The number of aryl methyl sites for hydroxylation is 1. The lowest BCUT2D eigenvalue weighted by Gasteiger charge is -2.42. The second-order valence-corrected chi connectivity index (χ2v) is 12.1. The summed E-state index contributed by atoms with van der Waals surface area (Å²) in [6.45, 7) is 7.14. The van der Waals surface area contributed by atoms with E-state index >= 15 is 0 Å². The van der Waals surface area contributed by atoms with E-state index in [0.717, 1.165) is 0 Å². The van der Waals surface area contributed by atoms with Gasteiger partial charge in [-0.05, 0) is 70.2 Å². The first-order chi connectivity index (χ1) is 20.3. The first-order valence-electron chi connectivity index (χ1n) is 13.8. The number of aliphatic hydroxyl groups is 1. The highest BCUT2D eigenvalue weighted by molar-refractivity contribution is 6.04. The molecule has 0 aliphatic carbocycles. The Morgan fingerprint density at radius 1 is 0.907 bits per heavy atom. The van der Waals surface area contributed by atoms with Crippen LogP contribution in [-0.2, 0) is 7.05 Å². The average Bonchev–Trinajstić information content (AvgIpc) is 2.93. The quantitative estimate of drug-likeness (QED) is 0.192. The number of rotatable bonds is 2. The summed E-state index contributed by atoms with van der Waals surface area (Å²) < 4.78 is 25.9. The fourth-order valence-corrected chi connectivity index (χ4v) is 6.12. The van der Waals surface area contributed by atoms with Crippen LogP contribution in [0.4, 0.5) is 0 Å². The van der Waals surface area contributed by atoms with E-state index in [-0.39, 0.29) is 44.7 Å². The maximum atomic E-state index is 13.9. The highest BCUT2D eigenvalue weighted by Gasteiger charge is 2.46. The minimum atomic E-state index is -1.29. The van der Waals surface area contributed by atoms with Gasteiger partial charge in [0.1, 0.15) is 40.1 Å². The third kappa shape index (κ3) is 3.90. The lowest BCUT2D eigenvalue weighted by atomic mass is 9.87. The predicted octanol–water partition coefficient (Wildman–Crippen LogP) is 5.05. The van der Waals surface area contributed by atoms with Gasteiger partial charge >= 0.3 is 5.63 Å². The van der Waals surface area contributed by atoms with Crippen molar-refractivity contribution in [3.8, 4) is 28.7 Å². The standard InChI is InChI=1S/C33H29NO9/c1-32(2)13-12-16-21(42-32)14-19(36)23-25(16)34(5)26-17(27(23)38)8-9-18(35)29(26)41-30-24-20(43-33(3,4)31(30)39)10-6-15-7-11-22(37)40-28(15)24/h6-14,30-31,35-36,39H,1-5H3/t30-,31-/m0/s1. The Morgan fingerprint density at radius 3 is 2.42 bits per heavy atom. The molecule has 2 atom stereocenters. The van der Waals surface area contributed by atoms with E-state index in [1.807, 2.05) is 26.0 Å². The van der Waals surface area contributed by atoms with E-state index in [4.69, 9.17) is 18.6 Å². The van der Waals surface area contributed by atoms with Crippen LogP contribution in [0.15, 0.2) is 62.5 Å². The van der Waals surface area contributed by atoms with Gasteiger partial charge in [-0.15, -0.1) is 0 Å². The van der Waals surface area contributed by atoms with Crippen LogP contribution in [-0.4, -0.2) is 37.2 Å². The van der Waals surface area contributed by atoms with Crippen LogP contribution in [0, 0.1) is 0 Å². The van der Waals surface area contributed by atoms with Crippen LogP contribution in [0.2, 0.25) is 0 Å². The Morgan fingerprint density at radius 2 is 1.65 bits per heavy atom. The zero-order chi connectivity index (χ0) is 30.6. The number of nitrogens with zero attached hydrogens (tertiary/aromatic N) is 1. The average molecular weight is 584 g/mol. The molecule has 2 aliphatic heterocycles.